The van der Waals surface area contributed by atoms with Crippen molar-refractivity contribution < 1.29 is 0 Å². The average Bonchev–Trinajstić information content (AvgIpc) is 3.86. The Kier molecular flexibility index (Phi) is 5.86. The van der Waals surface area contributed by atoms with E-state index in [0.717, 1.165) is 60.2 Å². The molecule has 2 aliphatic carbocycles. The third kappa shape index (κ3) is 4.15. The third-order valence-electron chi connectivity index (χ3n) is 10.5. The van der Waals surface area contributed by atoms with E-state index in [4.69, 9.17) is 4.98 Å². The second-order valence-corrected chi connectivity index (χ2v) is 13.0. The molecule has 212 valence electrons. The average molecular weight is 555 g/mol. The molecule has 0 radical (unpaired) electrons. The van der Waals surface area contributed by atoms with Crippen LogP contribution in [0.25, 0.3) is 44.5 Å². The number of aromatic nitrogens is 4. The number of nitrogens with one attached hydrogen (secondary N) is 4. The molecule has 9 rings (SSSR count). The minimum Gasteiger partial charge on any atom is -0.341 e. The maximum atomic E-state index is 4.93. The van der Waals surface area contributed by atoms with Gasteiger partial charge < -0.3 is 20.6 Å². The van der Waals surface area contributed by atoms with Crippen LogP contribution in [0.2, 0.25) is 0 Å². The standard InChI is InChI=1S/C36H38N6/c1-3-30(37-15-1)35-39-20-33(42-35)23-9-7-22(8-10-23)27-13-12-26(28-18-21-5-6-25(17-21)34(27)28)24-11-14-29-32(19-24)41-36(40-29)31-4-2-16-38-31/h7-14,19-21,25,30-31,37-38H,1-6,15-18H2,(H,39,42)(H,40,41)/t21?,25-,30+,31+/m1/s1. The molecule has 42 heavy (non-hydrogen) atoms. The molecule has 4 N–H and O–H groups in total. The van der Waals surface area contributed by atoms with Crippen LogP contribution < -0.4 is 10.6 Å². The van der Waals surface area contributed by atoms with Crippen molar-refractivity contribution in [3.63, 3.8) is 0 Å². The Hall–Kier alpha value is -3.74. The molecule has 2 saturated heterocycles. The lowest BCUT2D eigenvalue weighted by molar-refractivity contribution is 0.511. The summed E-state index contributed by atoms with van der Waals surface area (Å²) in [5, 5.41) is 7.13. The maximum absolute atomic E-state index is 4.93. The Labute approximate surface area is 246 Å². The van der Waals surface area contributed by atoms with E-state index in [1.807, 2.05) is 6.20 Å². The maximum Gasteiger partial charge on any atom is 0.124 e. The molecule has 2 aliphatic heterocycles. The molecule has 1 saturated carbocycles. The van der Waals surface area contributed by atoms with Gasteiger partial charge in [0.2, 0.25) is 0 Å². The summed E-state index contributed by atoms with van der Waals surface area (Å²) in [4.78, 5) is 16.8. The van der Waals surface area contributed by atoms with Crippen LogP contribution in [0.15, 0.2) is 60.8 Å². The smallest absolute Gasteiger partial charge is 0.124 e. The monoisotopic (exact) mass is 554 g/mol. The molecule has 4 aliphatic rings. The molecular formula is C36H38N6. The first-order valence-electron chi connectivity index (χ1n) is 16.0. The van der Waals surface area contributed by atoms with Gasteiger partial charge in [0.15, 0.2) is 0 Å². The summed E-state index contributed by atoms with van der Waals surface area (Å²) >= 11 is 0. The summed E-state index contributed by atoms with van der Waals surface area (Å²) in [6, 6.07) is 21.5. The van der Waals surface area contributed by atoms with Gasteiger partial charge in [-0.15, -0.1) is 0 Å². The summed E-state index contributed by atoms with van der Waals surface area (Å²) in [6.07, 6.45) is 11.9. The predicted octanol–water partition coefficient (Wildman–Crippen LogP) is 7.58. The zero-order chi connectivity index (χ0) is 27.6. The SMILES string of the molecule is c1cc(-c2ccc(-c3ccc4nc([C@@H]5CCCN5)[nH]c4c3)c3c2[C@@H]2CCC(C3)C2)ccc1-c1cnc([C@@H]2CCCN2)[nH]1. The molecule has 2 bridgehead atoms. The van der Waals surface area contributed by atoms with E-state index in [2.05, 4.69) is 80.2 Å². The lowest BCUT2D eigenvalue weighted by atomic mass is 9.76. The van der Waals surface area contributed by atoms with E-state index in [1.165, 1.54) is 66.3 Å². The normalized spacial score (nSPS) is 25.0. The van der Waals surface area contributed by atoms with Gasteiger partial charge in [-0.3, -0.25) is 0 Å². The van der Waals surface area contributed by atoms with Crippen molar-refractivity contribution >= 4 is 11.0 Å². The van der Waals surface area contributed by atoms with Gasteiger partial charge in [0, 0.05) is 0 Å². The van der Waals surface area contributed by atoms with Gasteiger partial charge in [0.25, 0.3) is 0 Å². The van der Waals surface area contributed by atoms with Gasteiger partial charge in [-0.25, -0.2) is 9.97 Å². The molecule has 0 spiro atoms. The highest BCUT2D eigenvalue weighted by atomic mass is 15.0. The van der Waals surface area contributed by atoms with Crippen molar-refractivity contribution in [3.05, 3.63) is 83.6 Å². The van der Waals surface area contributed by atoms with Gasteiger partial charge in [-0.05, 0) is 127 Å². The number of rotatable bonds is 5. The summed E-state index contributed by atoms with van der Waals surface area (Å²) in [5.41, 5.74) is 13.1. The minimum absolute atomic E-state index is 0.356. The second-order valence-electron chi connectivity index (χ2n) is 13.0. The Morgan fingerprint density at radius 3 is 2.26 bits per heavy atom. The highest BCUT2D eigenvalue weighted by Gasteiger charge is 2.36. The molecule has 6 nitrogen and oxygen atoms in total. The van der Waals surface area contributed by atoms with Crippen LogP contribution in [-0.2, 0) is 6.42 Å². The highest BCUT2D eigenvalue weighted by molar-refractivity contribution is 5.85. The van der Waals surface area contributed by atoms with Crippen LogP contribution >= 0.6 is 0 Å². The number of imidazole rings is 2. The molecule has 3 fully saturated rings. The quantitative estimate of drug-likeness (QED) is 0.181. The third-order valence-corrected chi connectivity index (χ3v) is 10.5. The molecule has 0 amide bonds. The lowest BCUT2D eigenvalue weighted by Crippen LogP contribution is -2.14. The van der Waals surface area contributed by atoms with Crippen LogP contribution in [0.1, 0.15) is 85.7 Å². The molecule has 6 heteroatoms. The van der Waals surface area contributed by atoms with Crippen LogP contribution in [-0.4, -0.2) is 33.0 Å². The molecule has 5 aromatic rings. The summed E-state index contributed by atoms with van der Waals surface area (Å²) < 4.78 is 0. The van der Waals surface area contributed by atoms with Crippen LogP contribution in [0, 0.1) is 5.92 Å². The lowest BCUT2D eigenvalue weighted by Gasteiger charge is -2.28. The van der Waals surface area contributed by atoms with E-state index in [0.29, 0.717) is 18.0 Å². The number of benzene rings is 3. The molecule has 2 aromatic heterocycles. The molecule has 4 atom stereocenters. The van der Waals surface area contributed by atoms with Gasteiger partial charge in [0.1, 0.15) is 11.6 Å². The van der Waals surface area contributed by atoms with Crippen molar-refractivity contribution in [2.24, 2.45) is 5.92 Å². The molecule has 4 heterocycles. The van der Waals surface area contributed by atoms with E-state index < -0.39 is 0 Å². The van der Waals surface area contributed by atoms with Gasteiger partial charge in [-0.2, -0.15) is 0 Å². The zero-order valence-corrected chi connectivity index (χ0v) is 24.0. The summed E-state index contributed by atoms with van der Waals surface area (Å²) in [7, 11) is 0. The van der Waals surface area contributed by atoms with Crippen LogP contribution in [0.5, 0.6) is 0 Å². The van der Waals surface area contributed by atoms with E-state index in [1.54, 1.807) is 11.1 Å². The summed E-state index contributed by atoms with van der Waals surface area (Å²) in [6.45, 7) is 2.16. The second kappa shape index (κ2) is 9.92. The number of aromatic amines is 2. The molecular weight excluding hydrogens is 516 g/mol. The first-order chi connectivity index (χ1) is 20.8. The fraction of sp³-hybridized carbons (Fsp3) is 0.389. The van der Waals surface area contributed by atoms with Crippen molar-refractivity contribution in [3.8, 4) is 33.5 Å². The molecule has 3 aromatic carbocycles. The Morgan fingerprint density at radius 1 is 0.690 bits per heavy atom. The topological polar surface area (TPSA) is 81.4 Å². The van der Waals surface area contributed by atoms with E-state index in [9.17, 15) is 0 Å². The fourth-order valence-electron chi connectivity index (χ4n) is 8.37. The Balaban J connectivity index is 1.07. The number of fused-ring (bicyclic) bond motifs is 5. The van der Waals surface area contributed by atoms with Gasteiger partial charge >= 0.3 is 0 Å². The summed E-state index contributed by atoms with van der Waals surface area (Å²) in [5.74, 6) is 3.63. The Bertz CT molecular complexity index is 1770. The van der Waals surface area contributed by atoms with Crippen molar-refractivity contribution in [1.29, 1.82) is 0 Å². The van der Waals surface area contributed by atoms with Crippen LogP contribution in [0.3, 0.4) is 0 Å². The zero-order valence-electron chi connectivity index (χ0n) is 24.0. The largest absolute Gasteiger partial charge is 0.341 e. The van der Waals surface area contributed by atoms with Gasteiger partial charge in [-0.1, -0.05) is 42.5 Å². The number of H-pyrrole nitrogens is 2. The number of hydrogen-bond acceptors (Lipinski definition) is 4. The van der Waals surface area contributed by atoms with E-state index in [-0.39, 0.29) is 0 Å². The van der Waals surface area contributed by atoms with E-state index >= 15 is 0 Å². The highest BCUT2D eigenvalue weighted by Crippen LogP contribution is 2.52. The first kappa shape index (κ1) is 24.8. The fourth-order valence-corrected chi connectivity index (χ4v) is 8.37. The van der Waals surface area contributed by atoms with Gasteiger partial charge in [0.05, 0.1) is 35.0 Å². The minimum atomic E-state index is 0.356. The number of nitrogens with zero attached hydrogens (tertiary/aromatic N) is 2. The number of hydrogen-bond donors (Lipinski definition) is 4. The van der Waals surface area contributed by atoms with Crippen molar-refractivity contribution in [2.75, 3.05) is 13.1 Å². The van der Waals surface area contributed by atoms with Crippen molar-refractivity contribution in [2.45, 2.75) is 69.4 Å². The first-order valence-corrected chi connectivity index (χ1v) is 16.0. The Morgan fingerprint density at radius 2 is 1.45 bits per heavy atom. The molecule has 1 unspecified atom stereocenters. The van der Waals surface area contributed by atoms with Crippen LogP contribution in [0.4, 0.5) is 0 Å². The predicted molar refractivity (Wildman–Crippen MR) is 168 cm³/mol. The van der Waals surface area contributed by atoms with Crippen molar-refractivity contribution in [1.82, 2.24) is 30.6 Å².